The van der Waals surface area contributed by atoms with Gasteiger partial charge in [0.25, 0.3) is 0 Å². The highest BCUT2D eigenvalue weighted by molar-refractivity contribution is 7.91. The number of nitrogens with two attached hydrogens (primary N) is 1. The van der Waals surface area contributed by atoms with Crippen molar-refractivity contribution < 1.29 is 8.42 Å². The van der Waals surface area contributed by atoms with Crippen LogP contribution in [0.1, 0.15) is 18.9 Å². The fourth-order valence-electron chi connectivity index (χ4n) is 1.71. The molecule has 0 bridgehead atoms. The number of benzene rings is 1. The molecule has 106 valence electrons. The number of amidine groups is 1. The highest BCUT2D eigenvalue weighted by Crippen LogP contribution is 2.15. The van der Waals surface area contributed by atoms with E-state index >= 15 is 0 Å². The minimum absolute atomic E-state index is 0.0313. The summed E-state index contributed by atoms with van der Waals surface area (Å²) in [6, 6.07) is 7.37. The molecule has 0 saturated heterocycles. The Morgan fingerprint density at radius 1 is 1.42 bits per heavy atom. The van der Waals surface area contributed by atoms with Crippen molar-refractivity contribution in [2.75, 3.05) is 30.0 Å². The lowest BCUT2D eigenvalue weighted by Crippen LogP contribution is -2.22. The van der Waals surface area contributed by atoms with Crippen molar-refractivity contribution in [2.24, 2.45) is 5.73 Å². The molecule has 0 spiro atoms. The van der Waals surface area contributed by atoms with Crippen LogP contribution in [0.2, 0.25) is 0 Å². The van der Waals surface area contributed by atoms with Crippen LogP contribution in [-0.2, 0) is 9.84 Å². The molecule has 0 aliphatic carbocycles. The molecule has 1 aromatic carbocycles. The van der Waals surface area contributed by atoms with Gasteiger partial charge in [-0.2, -0.15) is 0 Å². The molecular formula is C13H21N3O2S. The zero-order chi connectivity index (χ0) is 14.5. The van der Waals surface area contributed by atoms with Crippen LogP contribution >= 0.6 is 0 Å². The molecule has 0 fully saturated rings. The summed E-state index contributed by atoms with van der Waals surface area (Å²) in [7, 11) is -0.999. The first-order valence-corrected chi connectivity index (χ1v) is 8.04. The van der Waals surface area contributed by atoms with E-state index in [4.69, 9.17) is 11.1 Å². The van der Waals surface area contributed by atoms with Crippen LogP contribution in [0.25, 0.3) is 0 Å². The quantitative estimate of drug-likeness (QED) is 0.582. The fourth-order valence-corrected chi connectivity index (χ4v) is 2.56. The van der Waals surface area contributed by atoms with Crippen LogP contribution in [0.4, 0.5) is 5.69 Å². The first-order valence-electron chi connectivity index (χ1n) is 6.21. The second-order valence-electron chi connectivity index (χ2n) is 4.48. The third-order valence-electron chi connectivity index (χ3n) is 2.99. The summed E-state index contributed by atoms with van der Waals surface area (Å²) in [6.07, 6.45) is 0.594. The number of hydrogen-bond donors (Lipinski definition) is 2. The summed E-state index contributed by atoms with van der Waals surface area (Å²) in [6.45, 7) is 2.32. The van der Waals surface area contributed by atoms with Crippen molar-refractivity contribution in [1.29, 1.82) is 5.41 Å². The molecule has 0 aliphatic rings. The van der Waals surface area contributed by atoms with E-state index in [1.54, 1.807) is 13.0 Å². The average Bonchev–Trinajstić information content (AvgIpc) is 2.38. The molecule has 5 nitrogen and oxygen atoms in total. The minimum Gasteiger partial charge on any atom is -0.384 e. The Morgan fingerprint density at radius 3 is 2.68 bits per heavy atom. The van der Waals surface area contributed by atoms with Crippen molar-refractivity contribution in [1.82, 2.24) is 0 Å². The Kier molecular flexibility index (Phi) is 5.35. The topological polar surface area (TPSA) is 87.2 Å². The van der Waals surface area contributed by atoms with Gasteiger partial charge in [0.2, 0.25) is 0 Å². The van der Waals surface area contributed by atoms with E-state index < -0.39 is 9.84 Å². The van der Waals surface area contributed by atoms with Gasteiger partial charge in [-0.3, -0.25) is 5.41 Å². The van der Waals surface area contributed by atoms with Crippen LogP contribution in [0.5, 0.6) is 0 Å². The van der Waals surface area contributed by atoms with Crippen molar-refractivity contribution >= 4 is 21.4 Å². The van der Waals surface area contributed by atoms with Crippen LogP contribution < -0.4 is 10.6 Å². The monoisotopic (exact) mass is 283 g/mol. The molecule has 0 atom stereocenters. The Balaban J connectivity index is 2.61. The smallest absolute Gasteiger partial charge is 0.150 e. The van der Waals surface area contributed by atoms with Gasteiger partial charge in [-0.15, -0.1) is 0 Å². The lowest BCUT2D eigenvalue weighted by molar-refractivity contribution is 0.594. The number of nitrogen functional groups attached to an aromatic ring is 1. The predicted octanol–water partition coefficient (Wildman–Crippen LogP) is 1.23. The number of nitrogens with zero attached hydrogens (tertiary/aromatic N) is 1. The van der Waals surface area contributed by atoms with E-state index in [1.807, 2.05) is 30.1 Å². The van der Waals surface area contributed by atoms with E-state index in [2.05, 4.69) is 0 Å². The summed E-state index contributed by atoms with van der Waals surface area (Å²) in [5.41, 5.74) is 7.05. The van der Waals surface area contributed by atoms with E-state index in [0.29, 0.717) is 18.5 Å². The summed E-state index contributed by atoms with van der Waals surface area (Å²) >= 11 is 0. The van der Waals surface area contributed by atoms with Gasteiger partial charge in [0.1, 0.15) is 15.7 Å². The second-order valence-corrected chi connectivity index (χ2v) is 6.95. The number of nitrogens with one attached hydrogen (secondary N) is 1. The highest BCUT2D eigenvalue weighted by atomic mass is 32.2. The molecule has 0 unspecified atom stereocenters. The van der Waals surface area contributed by atoms with Crippen molar-refractivity contribution in [2.45, 2.75) is 13.3 Å². The van der Waals surface area contributed by atoms with Gasteiger partial charge >= 0.3 is 0 Å². The third kappa shape index (κ3) is 4.90. The summed E-state index contributed by atoms with van der Waals surface area (Å²) in [5, 5.41) is 7.40. The number of sulfone groups is 1. The maximum atomic E-state index is 11.4. The lowest BCUT2D eigenvalue weighted by Gasteiger charge is -2.19. The molecule has 0 amide bonds. The number of hydrogen-bond acceptors (Lipinski definition) is 4. The fraction of sp³-hybridized carbons (Fsp3) is 0.462. The highest BCUT2D eigenvalue weighted by Gasteiger charge is 2.08. The van der Waals surface area contributed by atoms with Gasteiger partial charge < -0.3 is 10.6 Å². The van der Waals surface area contributed by atoms with Gasteiger partial charge in [0, 0.05) is 30.6 Å². The second kappa shape index (κ2) is 6.56. The van der Waals surface area contributed by atoms with E-state index in [1.165, 1.54) is 0 Å². The van der Waals surface area contributed by atoms with Crippen molar-refractivity contribution in [3.05, 3.63) is 29.8 Å². The van der Waals surface area contributed by atoms with Gasteiger partial charge in [-0.25, -0.2) is 8.42 Å². The number of anilines is 1. The lowest BCUT2D eigenvalue weighted by atomic mass is 10.1. The largest absolute Gasteiger partial charge is 0.384 e. The standard InChI is InChI=1S/C13H21N3O2S/c1-3-19(17,18)9-5-8-16(2)12-7-4-6-11(10-12)13(14)15/h4,6-7,10H,3,5,8-9H2,1-2H3,(H3,14,15). The van der Waals surface area contributed by atoms with Crippen LogP contribution in [0, 0.1) is 5.41 Å². The van der Waals surface area contributed by atoms with Crippen molar-refractivity contribution in [3.8, 4) is 0 Å². The Bertz CT molecular complexity index is 541. The first-order chi connectivity index (χ1) is 8.85. The van der Waals surface area contributed by atoms with E-state index in [-0.39, 0.29) is 17.3 Å². The SMILES string of the molecule is CCS(=O)(=O)CCCN(C)c1cccc(C(=N)N)c1. The molecule has 1 aromatic rings. The predicted molar refractivity (Wildman–Crippen MR) is 79.7 cm³/mol. The van der Waals surface area contributed by atoms with Crippen LogP contribution in [-0.4, -0.2) is 39.4 Å². The van der Waals surface area contributed by atoms with Crippen LogP contribution in [0.15, 0.2) is 24.3 Å². The van der Waals surface area contributed by atoms with Gasteiger partial charge in [-0.05, 0) is 18.6 Å². The maximum Gasteiger partial charge on any atom is 0.150 e. The summed E-state index contributed by atoms with van der Waals surface area (Å²) in [5.74, 6) is 0.431. The van der Waals surface area contributed by atoms with Gasteiger partial charge in [-0.1, -0.05) is 19.1 Å². The average molecular weight is 283 g/mol. The Labute approximate surface area is 114 Å². The maximum absolute atomic E-state index is 11.4. The number of rotatable bonds is 7. The Hall–Kier alpha value is -1.56. The molecule has 0 aliphatic heterocycles. The molecule has 6 heteroatoms. The molecule has 1 rings (SSSR count). The molecule has 19 heavy (non-hydrogen) atoms. The van der Waals surface area contributed by atoms with E-state index in [0.717, 1.165) is 5.69 Å². The Morgan fingerprint density at radius 2 is 2.11 bits per heavy atom. The summed E-state index contributed by atoms with van der Waals surface area (Å²) < 4.78 is 22.8. The van der Waals surface area contributed by atoms with Gasteiger partial charge in [0.05, 0.1) is 5.75 Å². The molecular weight excluding hydrogens is 262 g/mol. The zero-order valence-electron chi connectivity index (χ0n) is 11.4. The molecule has 0 heterocycles. The third-order valence-corrected chi connectivity index (χ3v) is 4.78. The minimum atomic E-state index is -2.90. The van der Waals surface area contributed by atoms with Crippen molar-refractivity contribution in [3.63, 3.8) is 0 Å². The first kappa shape index (κ1) is 15.5. The summed E-state index contributed by atoms with van der Waals surface area (Å²) in [4.78, 5) is 1.97. The van der Waals surface area contributed by atoms with Gasteiger partial charge in [0.15, 0.2) is 0 Å². The van der Waals surface area contributed by atoms with E-state index in [9.17, 15) is 8.42 Å². The zero-order valence-corrected chi connectivity index (χ0v) is 12.2. The molecule has 0 radical (unpaired) electrons. The van der Waals surface area contributed by atoms with Crippen LogP contribution in [0.3, 0.4) is 0 Å². The molecule has 0 saturated carbocycles. The molecule has 3 N–H and O–H groups in total. The molecule has 0 aromatic heterocycles. The normalized spacial score (nSPS) is 11.3.